The monoisotopic (exact) mass is 272 g/mol. The average molecular weight is 272 g/mol. The van der Waals surface area contributed by atoms with E-state index in [2.05, 4.69) is 4.98 Å². The van der Waals surface area contributed by atoms with Gasteiger partial charge in [-0.05, 0) is 18.2 Å². The van der Waals surface area contributed by atoms with Gasteiger partial charge in [0.25, 0.3) is 5.91 Å². The predicted molar refractivity (Wildman–Crippen MR) is 75.6 cm³/mol. The standard InChI is InChI=1S/C14H16N4O2/c1-17-7-5-16-13(17)4-6-18-11-8-10(15)2-3-12(11)20-9-14(18)19/h2-3,5,7-8H,4,6,9,15H2,1H3. The van der Waals surface area contributed by atoms with Crippen LogP contribution in [0.5, 0.6) is 5.75 Å². The van der Waals surface area contributed by atoms with Crippen LogP contribution in [0, 0.1) is 0 Å². The fourth-order valence-corrected chi connectivity index (χ4v) is 2.31. The summed E-state index contributed by atoms with van der Waals surface area (Å²) < 4.78 is 7.36. The minimum absolute atomic E-state index is 0.0580. The van der Waals surface area contributed by atoms with Gasteiger partial charge in [0, 0.05) is 38.1 Å². The second-order valence-electron chi connectivity index (χ2n) is 4.77. The maximum Gasteiger partial charge on any atom is 0.265 e. The number of hydrogen-bond acceptors (Lipinski definition) is 4. The molecule has 0 bridgehead atoms. The van der Waals surface area contributed by atoms with Gasteiger partial charge in [0.1, 0.15) is 11.6 Å². The van der Waals surface area contributed by atoms with E-state index in [1.807, 2.05) is 17.8 Å². The molecule has 2 aromatic rings. The Morgan fingerprint density at radius 3 is 3.05 bits per heavy atom. The predicted octanol–water partition coefficient (Wildman–Crippen LogP) is 0.970. The first-order chi connectivity index (χ1) is 9.65. The van der Waals surface area contributed by atoms with Gasteiger partial charge < -0.3 is 19.9 Å². The third-order valence-corrected chi connectivity index (χ3v) is 3.41. The van der Waals surface area contributed by atoms with Crippen LogP contribution in [-0.2, 0) is 18.3 Å². The van der Waals surface area contributed by atoms with E-state index in [9.17, 15) is 4.79 Å². The van der Waals surface area contributed by atoms with Crippen LogP contribution < -0.4 is 15.4 Å². The molecule has 1 aromatic carbocycles. The van der Waals surface area contributed by atoms with E-state index in [0.717, 1.165) is 11.5 Å². The third kappa shape index (κ3) is 2.20. The Kier molecular flexibility index (Phi) is 3.06. The highest BCUT2D eigenvalue weighted by Gasteiger charge is 2.25. The third-order valence-electron chi connectivity index (χ3n) is 3.41. The summed E-state index contributed by atoms with van der Waals surface area (Å²) in [7, 11) is 1.94. The molecule has 104 valence electrons. The molecule has 0 saturated carbocycles. The number of imidazole rings is 1. The SMILES string of the molecule is Cn1ccnc1CCN1C(=O)COc2ccc(N)cc21. The molecule has 1 aliphatic rings. The van der Waals surface area contributed by atoms with Crippen LogP contribution in [0.3, 0.4) is 0 Å². The minimum atomic E-state index is -0.0580. The summed E-state index contributed by atoms with van der Waals surface area (Å²) in [4.78, 5) is 18.0. The molecule has 1 amide bonds. The largest absolute Gasteiger partial charge is 0.482 e. The molecule has 0 aliphatic carbocycles. The number of nitrogen functional groups attached to an aromatic ring is 1. The summed E-state index contributed by atoms with van der Waals surface area (Å²) in [5, 5.41) is 0. The lowest BCUT2D eigenvalue weighted by molar-refractivity contribution is -0.121. The number of carbonyl (C=O) groups is 1. The average Bonchev–Trinajstić information content (AvgIpc) is 2.83. The highest BCUT2D eigenvalue weighted by Crippen LogP contribution is 2.33. The highest BCUT2D eigenvalue weighted by molar-refractivity contribution is 5.98. The molecular formula is C14H16N4O2. The number of ether oxygens (including phenoxy) is 1. The van der Waals surface area contributed by atoms with Crippen LogP contribution in [-0.4, -0.2) is 28.6 Å². The van der Waals surface area contributed by atoms with E-state index in [-0.39, 0.29) is 12.5 Å². The molecule has 1 aliphatic heterocycles. The van der Waals surface area contributed by atoms with Gasteiger partial charge in [-0.3, -0.25) is 4.79 Å². The van der Waals surface area contributed by atoms with E-state index in [1.165, 1.54) is 0 Å². The number of aryl methyl sites for hydroxylation is 1. The van der Waals surface area contributed by atoms with Gasteiger partial charge in [0.2, 0.25) is 0 Å². The molecule has 1 aromatic heterocycles. The van der Waals surface area contributed by atoms with Crippen LogP contribution in [0.25, 0.3) is 0 Å². The second kappa shape index (κ2) is 4.88. The zero-order valence-electron chi connectivity index (χ0n) is 11.2. The summed E-state index contributed by atoms with van der Waals surface area (Å²) in [5.41, 5.74) is 7.14. The summed E-state index contributed by atoms with van der Waals surface area (Å²) >= 11 is 0. The number of amides is 1. The number of nitrogens with zero attached hydrogens (tertiary/aromatic N) is 3. The van der Waals surface area contributed by atoms with E-state index in [4.69, 9.17) is 10.5 Å². The fourth-order valence-electron chi connectivity index (χ4n) is 2.31. The van der Waals surface area contributed by atoms with Crippen LogP contribution in [0.4, 0.5) is 11.4 Å². The van der Waals surface area contributed by atoms with Gasteiger partial charge in [-0.25, -0.2) is 4.98 Å². The number of benzene rings is 1. The molecule has 20 heavy (non-hydrogen) atoms. The first-order valence-electron chi connectivity index (χ1n) is 6.44. The molecule has 0 saturated heterocycles. The lowest BCUT2D eigenvalue weighted by Crippen LogP contribution is -2.40. The van der Waals surface area contributed by atoms with Gasteiger partial charge in [0.15, 0.2) is 6.61 Å². The number of nitrogens with two attached hydrogens (primary N) is 1. The van der Waals surface area contributed by atoms with Crippen molar-refractivity contribution < 1.29 is 9.53 Å². The normalized spacial score (nSPS) is 14.1. The fraction of sp³-hybridized carbons (Fsp3) is 0.286. The number of fused-ring (bicyclic) bond motifs is 1. The van der Waals surface area contributed by atoms with Crippen molar-refractivity contribution in [3.05, 3.63) is 36.4 Å². The second-order valence-corrected chi connectivity index (χ2v) is 4.77. The van der Waals surface area contributed by atoms with Crippen molar-refractivity contribution in [2.24, 2.45) is 7.05 Å². The Morgan fingerprint density at radius 1 is 1.45 bits per heavy atom. The van der Waals surface area contributed by atoms with Crippen molar-refractivity contribution in [1.82, 2.24) is 9.55 Å². The number of rotatable bonds is 3. The number of aromatic nitrogens is 2. The molecule has 6 heteroatoms. The van der Waals surface area contributed by atoms with Gasteiger partial charge >= 0.3 is 0 Å². The van der Waals surface area contributed by atoms with Crippen LogP contribution in [0.1, 0.15) is 5.82 Å². The molecule has 2 heterocycles. The van der Waals surface area contributed by atoms with Crippen LogP contribution in [0.15, 0.2) is 30.6 Å². The number of anilines is 2. The van der Waals surface area contributed by atoms with Crippen molar-refractivity contribution in [1.29, 1.82) is 0 Å². The topological polar surface area (TPSA) is 73.4 Å². The molecule has 2 N–H and O–H groups in total. The van der Waals surface area contributed by atoms with Crippen LogP contribution in [0.2, 0.25) is 0 Å². The van der Waals surface area contributed by atoms with Gasteiger partial charge in [0.05, 0.1) is 5.69 Å². The summed E-state index contributed by atoms with van der Waals surface area (Å²) in [6, 6.07) is 5.33. The van der Waals surface area contributed by atoms with Crippen molar-refractivity contribution in [2.45, 2.75) is 6.42 Å². The Morgan fingerprint density at radius 2 is 2.30 bits per heavy atom. The molecular weight excluding hydrogens is 256 g/mol. The van der Waals surface area contributed by atoms with E-state index in [0.29, 0.717) is 24.4 Å². The van der Waals surface area contributed by atoms with Crippen LogP contribution >= 0.6 is 0 Å². The van der Waals surface area contributed by atoms with Crippen molar-refractivity contribution in [2.75, 3.05) is 23.8 Å². The Labute approximate surface area is 116 Å². The first kappa shape index (κ1) is 12.5. The Balaban J connectivity index is 1.84. The molecule has 3 rings (SSSR count). The van der Waals surface area contributed by atoms with Crippen molar-refractivity contribution >= 4 is 17.3 Å². The summed E-state index contributed by atoms with van der Waals surface area (Å²) in [6.07, 6.45) is 4.33. The van der Waals surface area contributed by atoms with Gasteiger partial charge in [-0.2, -0.15) is 0 Å². The molecule has 0 radical (unpaired) electrons. The Bertz CT molecular complexity index is 650. The summed E-state index contributed by atoms with van der Waals surface area (Å²) in [5.74, 6) is 1.57. The maximum atomic E-state index is 12.0. The first-order valence-corrected chi connectivity index (χ1v) is 6.44. The molecule has 6 nitrogen and oxygen atoms in total. The smallest absolute Gasteiger partial charge is 0.265 e. The molecule has 0 spiro atoms. The number of hydrogen-bond donors (Lipinski definition) is 1. The summed E-state index contributed by atoms with van der Waals surface area (Å²) in [6.45, 7) is 0.626. The van der Waals surface area contributed by atoms with Gasteiger partial charge in [-0.15, -0.1) is 0 Å². The molecule has 0 unspecified atom stereocenters. The Hall–Kier alpha value is -2.50. The van der Waals surface area contributed by atoms with E-state index < -0.39 is 0 Å². The highest BCUT2D eigenvalue weighted by atomic mass is 16.5. The van der Waals surface area contributed by atoms with E-state index >= 15 is 0 Å². The maximum absolute atomic E-state index is 12.0. The lowest BCUT2D eigenvalue weighted by atomic mass is 10.2. The zero-order chi connectivity index (χ0) is 14.1. The quantitative estimate of drug-likeness (QED) is 0.845. The minimum Gasteiger partial charge on any atom is -0.482 e. The number of carbonyl (C=O) groups excluding carboxylic acids is 1. The van der Waals surface area contributed by atoms with E-state index in [1.54, 1.807) is 29.3 Å². The molecule has 0 fully saturated rings. The lowest BCUT2D eigenvalue weighted by Gasteiger charge is -2.29. The zero-order valence-corrected chi connectivity index (χ0v) is 11.2. The van der Waals surface area contributed by atoms with Crippen molar-refractivity contribution in [3.63, 3.8) is 0 Å². The van der Waals surface area contributed by atoms with Gasteiger partial charge in [-0.1, -0.05) is 0 Å². The molecule has 0 atom stereocenters. The van der Waals surface area contributed by atoms with Crippen molar-refractivity contribution in [3.8, 4) is 5.75 Å².